The van der Waals surface area contributed by atoms with Crippen LogP contribution in [-0.2, 0) is 25.6 Å². The van der Waals surface area contributed by atoms with Crippen molar-refractivity contribution >= 4 is 40.6 Å². The number of ketones is 4. The van der Waals surface area contributed by atoms with Crippen molar-refractivity contribution in [3.63, 3.8) is 0 Å². The highest BCUT2D eigenvalue weighted by Crippen LogP contribution is 2.57. The van der Waals surface area contributed by atoms with E-state index >= 15 is 0 Å². The van der Waals surface area contributed by atoms with Crippen molar-refractivity contribution in [3.8, 4) is 22.9 Å². The molecule has 0 bridgehead atoms. The lowest BCUT2D eigenvalue weighted by molar-refractivity contribution is -0.166. The van der Waals surface area contributed by atoms with Crippen LogP contribution in [0, 0.1) is 28.6 Å². The molecule has 0 heterocycles. The molecule has 2 unspecified atom stereocenters. The van der Waals surface area contributed by atoms with Crippen molar-refractivity contribution in [2.45, 2.75) is 30.0 Å². The van der Waals surface area contributed by atoms with Crippen LogP contribution in [0.5, 0.6) is 5.75 Å². The number of fused-ring (bicyclic) bond motifs is 3. The van der Waals surface area contributed by atoms with Crippen LogP contribution in [0.3, 0.4) is 0 Å². The Labute approximate surface area is 257 Å². The Bertz CT molecular complexity index is 1780. The largest absolute Gasteiger partial charge is 0.507 e. The molecular weight excluding hydrogens is 582 g/mol. The van der Waals surface area contributed by atoms with Crippen molar-refractivity contribution in [2.24, 2.45) is 40.2 Å². The molecule has 0 aliphatic heterocycles. The summed E-state index contributed by atoms with van der Waals surface area (Å²) >= 11 is 0. The molecule has 14 heteroatoms. The monoisotopic (exact) mass is 615 g/mol. The molecule has 6 atom stereocenters. The first kappa shape index (κ1) is 31.5. The Morgan fingerprint density at radius 1 is 1.00 bits per heavy atom. The first-order valence-corrected chi connectivity index (χ1v) is 14.0. The maximum Gasteiger partial charge on any atom is 0.248 e. The minimum Gasteiger partial charge on any atom is -0.507 e. The van der Waals surface area contributed by atoms with E-state index in [-0.39, 0.29) is 23.1 Å². The van der Waals surface area contributed by atoms with E-state index in [1.54, 1.807) is 31.1 Å². The summed E-state index contributed by atoms with van der Waals surface area (Å²) in [6, 6.07) is 7.79. The number of carbonyl (C=O) groups excluding carboxylic acids is 6. The Kier molecular flexibility index (Phi) is 7.01. The third-order valence-corrected chi connectivity index (χ3v) is 9.53. The third kappa shape index (κ3) is 3.98. The molecule has 0 aromatic heterocycles. The number of hydrogen-bond acceptors (Lipinski definition) is 12. The second-order valence-corrected chi connectivity index (χ2v) is 12.6. The number of nitrogens with zero attached hydrogens (tertiary/aromatic N) is 3. The average Bonchev–Trinajstić information content (AvgIpc) is 2.92. The number of phenols is 1. The zero-order valence-corrected chi connectivity index (χ0v) is 25.1. The summed E-state index contributed by atoms with van der Waals surface area (Å²) in [6.45, 7) is 0. The molecule has 0 saturated heterocycles. The van der Waals surface area contributed by atoms with E-state index in [1.165, 1.54) is 43.3 Å². The Balaban J connectivity index is 1.77. The van der Waals surface area contributed by atoms with Gasteiger partial charge in [-0.2, -0.15) is 5.26 Å². The smallest absolute Gasteiger partial charge is 0.248 e. The van der Waals surface area contributed by atoms with E-state index in [4.69, 9.17) is 22.9 Å². The van der Waals surface area contributed by atoms with E-state index in [1.807, 2.05) is 0 Å². The Morgan fingerprint density at radius 2 is 1.60 bits per heavy atom. The molecule has 2 fully saturated rings. The van der Waals surface area contributed by atoms with Crippen molar-refractivity contribution in [1.82, 2.24) is 4.90 Å². The normalized spacial score (nSPS) is 30.7. The van der Waals surface area contributed by atoms with Gasteiger partial charge in [-0.3, -0.25) is 33.7 Å². The van der Waals surface area contributed by atoms with Gasteiger partial charge in [0.2, 0.25) is 11.8 Å². The zero-order chi connectivity index (χ0) is 33.5. The summed E-state index contributed by atoms with van der Waals surface area (Å²) in [4.78, 5) is 83.5. The van der Waals surface area contributed by atoms with Crippen LogP contribution in [0.4, 0.5) is 5.69 Å². The molecule has 2 aromatic rings. The molecule has 234 valence electrons. The summed E-state index contributed by atoms with van der Waals surface area (Å²) in [5, 5.41) is 22.1. The summed E-state index contributed by atoms with van der Waals surface area (Å²) in [6.07, 6.45) is -0.709. The summed E-state index contributed by atoms with van der Waals surface area (Å²) < 4.78 is 0. The molecular formula is C31H33N7O7. The number of nitrogens with two attached hydrogens (primary N) is 4. The fourth-order valence-electron chi connectivity index (χ4n) is 7.69. The van der Waals surface area contributed by atoms with Gasteiger partial charge in [-0.05, 0) is 56.3 Å². The number of nitriles is 1. The number of phenolic OH excluding ortho intramolecular Hbond substituents is 1. The van der Waals surface area contributed by atoms with Gasteiger partial charge in [-0.1, -0.05) is 12.1 Å². The summed E-state index contributed by atoms with van der Waals surface area (Å²) in [5.74, 6) is -11.1. The van der Waals surface area contributed by atoms with Gasteiger partial charge in [-0.15, -0.1) is 0 Å². The Hall–Kier alpha value is -4.97. The summed E-state index contributed by atoms with van der Waals surface area (Å²) in [5.41, 5.74) is 19.0. The molecule has 0 spiro atoms. The van der Waals surface area contributed by atoms with Crippen LogP contribution < -0.4 is 27.8 Å². The average molecular weight is 616 g/mol. The van der Waals surface area contributed by atoms with Crippen molar-refractivity contribution in [2.75, 3.05) is 33.1 Å². The van der Waals surface area contributed by atoms with Gasteiger partial charge in [0.05, 0.1) is 23.2 Å². The summed E-state index contributed by atoms with van der Waals surface area (Å²) in [7, 11) is 6.28. The number of anilines is 1. The molecule has 3 aliphatic carbocycles. The van der Waals surface area contributed by atoms with Gasteiger partial charge >= 0.3 is 0 Å². The van der Waals surface area contributed by atoms with Gasteiger partial charge in [-0.25, -0.2) is 0 Å². The van der Waals surface area contributed by atoms with Gasteiger partial charge in [0.15, 0.2) is 34.5 Å². The topological polar surface area (TPSA) is 257 Å². The van der Waals surface area contributed by atoms with Crippen LogP contribution in [0.15, 0.2) is 30.3 Å². The second kappa shape index (κ2) is 10.0. The lowest BCUT2D eigenvalue weighted by Gasteiger charge is -2.60. The fourth-order valence-corrected chi connectivity index (χ4v) is 7.69. The fraction of sp³-hybridized carbons (Fsp3) is 0.387. The van der Waals surface area contributed by atoms with Gasteiger partial charge in [0.25, 0.3) is 0 Å². The molecule has 2 aromatic carbocycles. The van der Waals surface area contributed by atoms with E-state index in [2.05, 4.69) is 0 Å². The Morgan fingerprint density at radius 3 is 2.09 bits per heavy atom. The minimum absolute atomic E-state index is 0.193. The highest BCUT2D eigenvalue weighted by molar-refractivity contribution is 6.33. The van der Waals surface area contributed by atoms with Gasteiger partial charge < -0.3 is 32.9 Å². The number of Topliss-reactive ketones (excluding diaryl/α,β-unsaturated/α-hetero) is 4. The number of likely N-dealkylation sites (N-methyl/N-ethyl adjacent to an activating group) is 1. The predicted molar refractivity (Wildman–Crippen MR) is 160 cm³/mol. The van der Waals surface area contributed by atoms with Crippen molar-refractivity contribution < 1.29 is 33.9 Å². The molecule has 45 heavy (non-hydrogen) atoms. The van der Waals surface area contributed by atoms with E-state index in [9.17, 15) is 39.1 Å². The number of amides is 2. The standard InChI is InChI=1S/C31H33N7O7/c1-37(2)17-9-15(13-5-7-14(8-6-13)27(33)44)21(39)18-16(17)10-29(35)11-31(36)24(38(3)4)23(41)19(28(34)45)25(42)30(31,12-32)26(43)20(29)22(18)40/h5-9,19-20,24,39H,10-11,35-36H2,1-4H3,(H2,33,44)(H2,34,45)/t19?,20?,24-,29-,30+,31-/m1/s1. The van der Waals surface area contributed by atoms with E-state index < -0.39 is 81.5 Å². The maximum absolute atomic E-state index is 14.6. The van der Waals surface area contributed by atoms with Gasteiger partial charge in [0, 0.05) is 36.4 Å². The first-order chi connectivity index (χ1) is 20.9. The number of aromatic hydroxyl groups is 1. The second-order valence-electron chi connectivity index (χ2n) is 12.6. The lowest BCUT2D eigenvalue weighted by atomic mass is 9.42. The molecule has 2 saturated carbocycles. The molecule has 2 amide bonds. The van der Waals surface area contributed by atoms with Crippen LogP contribution in [0.2, 0.25) is 0 Å². The molecule has 5 rings (SSSR count). The molecule has 14 nitrogen and oxygen atoms in total. The van der Waals surface area contributed by atoms with Crippen molar-refractivity contribution in [1.29, 1.82) is 5.26 Å². The number of benzene rings is 2. The third-order valence-electron chi connectivity index (χ3n) is 9.53. The predicted octanol–water partition coefficient (Wildman–Crippen LogP) is -1.36. The van der Waals surface area contributed by atoms with Gasteiger partial charge in [0.1, 0.15) is 11.7 Å². The number of hydrogen-bond donors (Lipinski definition) is 5. The van der Waals surface area contributed by atoms with E-state index in [0.717, 1.165) is 0 Å². The highest BCUT2D eigenvalue weighted by Gasteiger charge is 2.78. The molecule has 9 N–H and O–H groups in total. The number of rotatable bonds is 5. The zero-order valence-electron chi connectivity index (χ0n) is 25.1. The SMILES string of the molecule is CN(C)c1cc(-c2ccc(C(N)=O)cc2)c(O)c2c1C[C@@]1(N)C[C@@]3(N)[C@H](N(C)C)C(=O)C(C(N)=O)C(=O)[C@@]3(C#N)C(=O)C1C2=O. The lowest BCUT2D eigenvalue weighted by Crippen LogP contribution is -2.85. The van der Waals surface area contributed by atoms with Crippen LogP contribution >= 0.6 is 0 Å². The quantitative estimate of drug-likeness (QED) is 0.244. The maximum atomic E-state index is 14.6. The number of carbonyl (C=O) groups is 6. The van der Waals surface area contributed by atoms with Crippen LogP contribution in [0.1, 0.15) is 32.7 Å². The molecule has 3 aliphatic rings. The van der Waals surface area contributed by atoms with E-state index in [0.29, 0.717) is 16.8 Å². The molecule has 0 radical (unpaired) electrons. The van der Waals surface area contributed by atoms with Crippen LogP contribution in [-0.4, -0.2) is 90.3 Å². The van der Waals surface area contributed by atoms with Crippen LogP contribution in [0.25, 0.3) is 11.1 Å². The minimum atomic E-state index is -2.83. The highest BCUT2D eigenvalue weighted by atomic mass is 16.3. The van der Waals surface area contributed by atoms with Crippen molar-refractivity contribution in [3.05, 3.63) is 47.0 Å². The number of primary amides is 2. The first-order valence-electron chi connectivity index (χ1n) is 14.0.